The van der Waals surface area contributed by atoms with Crippen LogP contribution in [0.2, 0.25) is 10.0 Å². The van der Waals surface area contributed by atoms with E-state index in [1.54, 1.807) is 12.1 Å². The van der Waals surface area contributed by atoms with Crippen molar-refractivity contribution in [3.63, 3.8) is 0 Å². The summed E-state index contributed by atoms with van der Waals surface area (Å²) in [5, 5.41) is 15.5. The van der Waals surface area contributed by atoms with E-state index in [1.807, 2.05) is 6.07 Å². The summed E-state index contributed by atoms with van der Waals surface area (Å²) >= 11 is 11.7. The second-order valence-electron chi connectivity index (χ2n) is 5.51. The third kappa shape index (κ3) is 6.56. The van der Waals surface area contributed by atoms with Crippen LogP contribution in [0, 0.1) is 11.3 Å². The number of amides is 1. The predicted octanol–water partition coefficient (Wildman–Crippen LogP) is 2.65. The molecule has 0 spiro atoms. The second-order valence-corrected chi connectivity index (χ2v) is 6.33. The molecule has 0 atom stereocenters. The molecule has 1 aliphatic heterocycles. The van der Waals surface area contributed by atoms with E-state index in [4.69, 9.17) is 33.2 Å². The molecule has 0 aromatic heterocycles. The van der Waals surface area contributed by atoms with E-state index < -0.39 is 5.91 Å². The number of hydrogen-bond donors (Lipinski definition) is 2. The van der Waals surface area contributed by atoms with Gasteiger partial charge in [-0.1, -0.05) is 23.2 Å². The molecule has 2 rings (SSSR count). The second kappa shape index (κ2) is 10.3. The molecule has 0 saturated carbocycles. The summed E-state index contributed by atoms with van der Waals surface area (Å²) in [7, 11) is 0. The van der Waals surface area contributed by atoms with Crippen LogP contribution in [0.25, 0.3) is 0 Å². The normalized spacial score (nSPS) is 15.5. The zero-order chi connectivity index (χ0) is 18.1. The van der Waals surface area contributed by atoms with E-state index in [1.165, 1.54) is 12.3 Å². The van der Waals surface area contributed by atoms with Crippen molar-refractivity contribution in [2.24, 2.45) is 0 Å². The number of anilines is 1. The maximum Gasteiger partial charge on any atom is 0.267 e. The lowest BCUT2D eigenvalue weighted by Crippen LogP contribution is -2.37. The van der Waals surface area contributed by atoms with Crippen LogP contribution in [-0.2, 0) is 9.53 Å². The molecule has 25 heavy (non-hydrogen) atoms. The first-order valence-corrected chi connectivity index (χ1v) is 8.76. The van der Waals surface area contributed by atoms with Crippen LogP contribution < -0.4 is 10.6 Å². The minimum Gasteiger partial charge on any atom is -0.390 e. The zero-order valence-electron chi connectivity index (χ0n) is 13.7. The molecule has 1 aliphatic rings. The fourth-order valence-corrected chi connectivity index (χ4v) is 2.62. The SMILES string of the molecule is N#C/C(=C/NCCCN1CCOCC1)C(=O)Nc1ccc(Cl)c(Cl)c1. The molecule has 0 aliphatic carbocycles. The van der Waals surface area contributed by atoms with Crippen LogP contribution in [-0.4, -0.2) is 50.2 Å². The fraction of sp³-hybridized carbons (Fsp3) is 0.412. The van der Waals surface area contributed by atoms with Gasteiger partial charge in [-0.05, 0) is 31.2 Å². The Balaban J connectivity index is 1.77. The fourth-order valence-electron chi connectivity index (χ4n) is 2.32. The Labute approximate surface area is 157 Å². The van der Waals surface area contributed by atoms with Crippen molar-refractivity contribution in [1.82, 2.24) is 10.2 Å². The summed E-state index contributed by atoms with van der Waals surface area (Å²) < 4.78 is 5.30. The number of hydrogen-bond acceptors (Lipinski definition) is 5. The predicted molar refractivity (Wildman–Crippen MR) is 98.7 cm³/mol. The highest BCUT2D eigenvalue weighted by atomic mass is 35.5. The van der Waals surface area contributed by atoms with E-state index in [0.29, 0.717) is 22.3 Å². The molecule has 0 radical (unpaired) electrons. The summed E-state index contributed by atoms with van der Waals surface area (Å²) in [6.45, 7) is 5.10. The number of carbonyl (C=O) groups excluding carboxylic acids is 1. The molecule has 6 nitrogen and oxygen atoms in total. The van der Waals surface area contributed by atoms with Gasteiger partial charge in [0.05, 0.1) is 23.3 Å². The maximum absolute atomic E-state index is 12.1. The van der Waals surface area contributed by atoms with Gasteiger partial charge in [0.1, 0.15) is 11.6 Å². The highest BCUT2D eigenvalue weighted by Gasteiger charge is 2.11. The number of nitrogens with zero attached hydrogens (tertiary/aromatic N) is 2. The van der Waals surface area contributed by atoms with Gasteiger partial charge >= 0.3 is 0 Å². The number of benzene rings is 1. The smallest absolute Gasteiger partial charge is 0.267 e. The van der Waals surface area contributed by atoms with E-state index in [9.17, 15) is 4.79 Å². The summed E-state index contributed by atoms with van der Waals surface area (Å²) in [6.07, 6.45) is 2.36. The number of morpholine rings is 1. The van der Waals surface area contributed by atoms with Crippen molar-refractivity contribution in [3.05, 3.63) is 40.0 Å². The van der Waals surface area contributed by atoms with Crippen LogP contribution >= 0.6 is 23.2 Å². The van der Waals surface area contributed by atoms with Gasteiger partial charge in [0.2, 0.25) is 0 Å². The molecule has 1 aromatic carbocycles. The number of carbonyl (C=O) groups is 1. The van der Waals surface area contributed by atoms with Gasteiger partial charge < -0.3 is 15.4 Å². The van der Waals surface area contributed by atoms with Crippen molar-refractivity contribution < 1.29 is 9.53 Å². The third-order valence-corrected chi connectivity index (χ3v) is 4.43. The minimum absolute atomic E-state index is 0.00237. The van der Waals surface area contributed by atoms with Crippen molar-refractivity contribution in [3.8, 4) is 6.07 Å². The van der Waals surface area contributed by atoms with Gasteiger partial charge in [0, 0.05) is 31.5 Å². The van der Waals surface area contributed by atoms with Gasteiger partial charge in [-0.25, -0.2) is 0 Å². The number of nitriles is 1. The molecule has 134 valence electrons. The summed E-state index contributed by atoms with van der Waals surface area (Å²) in [5.41, 5.74) is 0.477. The first kappa shape index (κ1) is 19.5. The Hall–Kier alpha value is -1.78. The number of ether oxygens (including phenoxy) is 1. The molecule has 0 bridgehead atoms. The van der Waals surface area contributed by atoms with Gasteiger partial charge in [0.15, 0.2) is 0 Å². The van der Waals surface area contributed by atoms with Crippen LogP contribution in [0.5, 0.6) is 0 Å². The maximum atomic E-state index is 12.1. The molecule has 1 fully saturated rings. The van der Waals surface area contributed by atoms with Crippen LogP contribution in [0.4, 0.5) is 5.69 Å². The lowest BCUT2D eigenvalue weighted by atomic mass is 10.2. The highest BCUT2D eigenvalue weighted by Crippen LogP contribution is 2.25. The minimum atomic E-state index is -0.499. The molecule has 8 heteroatoms. The number of nitrogens with one attached hydrogen (secondary N) is 2. The molecular weight excluding hydrogens is 363 g/mol. The van der Waals surface area contributed by atoms with Crippen molar-refractivity contribution >= 4 is 34.8 Å². The van der Waals surface area contributed by atoms with E-state index in [0.717, 1.165) is 39.3 Å². The van der Waals surface area contributed by atoms with E-state index in [2.05, 4.69) is 15.5 Å². The van der Waals surface area contributed by atoms with Gasteiger partial charge in [-0.3, -0.25) is 9.69 Å². The zero-order valence-corrected chi connectivity index (χ0v) is 15.2. The Morgan fingerprint density at radius 3 is 2.76 bits per heavy atom. The highest BCUT2D eigenvalue weighted by molar-refractivity contribution is 6.42. The van der Waals surface area contributed by atoms with Crippen LogP contribution in [0.15, 0.2) is 30.0 Å². The summed E-state index contributed by atoms with van der Waals surface area (Å²) in [6, 6.07) is 6.63. The lowest BCUT2D eigenvalue weighted by Gasteiger charge is -2.26. The molecule has 2 N–H and O–H groups in total. The molecule has 1 saturated heterocycles. The Morgan fingerprint density at radius 1 is 1.32 bits per heavy atom. The van der Waals surface area contributed by atoms with Gasteiger partial charge in [-0.15, -0.1) is 0 Å². The molecule has 1 heterocycles. The Morgan fingerprint density at radius 2 is 2.08 bits per heavy atom. The number of halogens is 2. The van der Waals surface area contributed by atoms with E-state index in [-0.39, 0.29) is 5.57 Å². The standard InChI is InChI=1S/C17H20Cl2N4O2/c18-15-3-2-14(10-16(15)19)22-17(24)13(11-20)12-21-4-1-5-23-6-8-25-9-7-23/h2-3,10,12,21H,1,4-9H2,(H,22,24)/b13-12-. The quantitative estimate of drug-likeness (QED) is 0.430. The third-order valence-electron chi connectivity index (χ3n) is 3.69. The van der Waals surface area contributed by atoms with Crippen LogP contribution in [0.1, 0.15) is 6.42 Å². The molecule has 0 unspecified atom stereocenters. The topological polar surface area (TPSA) is 77.4 Å². The first-order chi connectivity index (χ1) is 12.1. The monoisotopic (exact) mass is 382 g/mol. The first-order valence-electron chi connectivity index (χ1n) is 8.00. The summed E-state index contributed by atoms with van der Waals surface area (Å²) in [4.78, 5) is 14.4. The van der Waals surface area contributed by atoms with E-state index >= 15 is 0 Å². The Kier molecular flexibility index (Phi) is 8.02. The average Bonchev–Trinajstić information content (AvgIpc) is 2.62. The van der Waals surface area contributed by atoms with Gasteiger partial charge in [-0.2, -0.15) is 5.26 Å². The van der Waals surface area contributed by atoms with Crippen molar-refractivity contribution in [2.45, 2.75) is 6.42 Å². The van der Waals surface area contributed by atoms with Gasteiger partial charge in [0.25, 0.3) is 5.91 Å². The average molecular weight is 383 g/mol. The lowest BCUT2D eigenvalue weighted by molar-refractivity contribution is -0.112. The summed E-state index contributed by atoms with van der Waals surface area (Å²) in [5.74, 6) is -0.499. The molecule has 1 aromatic rings. The molecule has 1 amide bonds. The number of rotatable bonds is 7. The largest absolute Gasteiger partial charge is 0.390 e. The van der Waals surface area contributed by atoms with Crippen LogP contribution in [0.3, 0.4) is 0 Å². The Bertz CT molecular complexity index is 667. The molecular formula is C17H20Cl2N4O2. The van der Waals surface area contributed by atoms with Crippen molar-refractivity contribution in [1.29, 1.82) is 5.26 Å². The van der Waals surface area contributed by atoms with Crippen molar-refractivity contribution in [2.75, 3.05) is 44.7 Å².